The van der Waals surface area contributed by atoms with Gasteiger partial charge in [-0.2, -0.15) is 0 Å². The average Bonchev–Trinajstić information content (AvgIpc) is 2.09. The molecule has 0 aliphatic rings. The van der Waals surface area contributed by atoms with E-state index in [1.165, 1.54) is 0 Å². The first-order valence-corrected chi connectivity index (χ1v) is 7.44. The first-order valence-electron chi connectivity index (χ1n) is 4.30. The summed E-state index contributed by atoms with van der Waals surface area (Å²) < 4.78 is 13.1. The molecule has 0 aliphatic carbocycles. The maximum absolute atomic E-state index is 12.0. The minimum Gasteiger partial charge on any atom is -0.319 e. The second-order valence-electron chi connectivity index (χ2n) is 3.35. The van der Waals surface area contributed by atoms with Crippen molar-refractivity contribution >= 4 is 28.4 Å². The lowest BCUT2D eigenvalue weighted by atomic mass is 10.2. The normalized spacial score (nSPS) is 15.4. The number of hydrogen-bond donors (Lipinski definition) is 0. The molecule has 0 bridgehead atoms. The summed E-state index contributed by atoms with van der Waals surface area (Å²) in [5, 5.41) is 0.982. The van der Waals surface area contributed by atoms with Crippen molar-refractivity contribution in [3.63, 3.8) is 0 Å². The second-order valence-corrected chi connectivity index (χ2v) is 7.56. The molecule has 0 N–H and O–H groups in total. The minimum atomic E-state index is -2.09. The maximum atomic E-state index is 12.0. The summed E-state index contributed by atoms with van der Waals surface area (Å²) in [6, 6.07) is 5.92. The zero-order valence-corrected chi connectivity index (χ0v) is 10.7. The molecule has 0 fully saturated rings. The van der Waals surface area contributed by atoms with E-state index in [4.69, 9.17) is 0 Å². The molecule has 13 heavy (non-hydrogen) atoms. The van der Waals surface area contributed by atoms with Gasteiger partial charge < -0.3 is 4.57 Å². The molecule has 1 aromatic carbocycles. The molecule has 1 aromatic rings. The van der Waals surface area contributed by atoms with Crippen LogP contribution in [-0.4, -0.2) is 12.8 Å². The van der Waals surface area contributed by atoms with Gasteiger partial charge in [0.05, 0.1) is 0 Å². The fourth-order valence-electron chi connectivity index (χ4n) is 1.11. The molecule has 0 aromatic heterocycles. The van der Waals surface area contributed by atoms with E-state index >= 15 is 0 Å². The highest BCUT2D eigenvalue weighted by Gasteiger charge is 2.15. The lowest BCUT2D eigenvalue weighted by molar-refractivity contribution is 0.585. The Kier molecular flexibility index (Phi) is 3.37. The smallest absolute Gasteiger partial charge is 0.112 e. The van der Waals surface area contributed by atoms with Gasteiger partial charge in [-0.1, -0.05) is 28.9 Å². The largest absolute Gasteiger partial charge is 0.319 e. The zero-order chi connectivity index (χ0) is 10.1. The van der Waals surface area contributed by atoms with Crippen molar-refractivity contribution in [2.45, 2.75) is 13.8 Å². The summed E-state index contributed by atoms with van der Waals surface area (Å²) in [4.78, 5) is 0. The minimum absolute atomic E-state index is 0.730. The van der Waals surface area contributed by atoms with E-state index in [0.717, 1.165) is 21.5 Å². The van der Waals surface area contributed by atoms with Crippen LogP contribution in [0, 0.1) is 6.92 Å². The van der Waals surface area contributed by atoms with Gasteiger partial charge in [0.25, 0.3) is 0 Å². The Morgan fingerprint density at radius 3 is 2.54 bits per heavy atom. The Morgan fingerprint density at radius 2 is 2.08 bits per heavy atom. The predicted octanol–water partition coefficient (Wildman–Crippen LogP) is 3.40. The number of hydrogen-bond acceptors (Lipinski definition) is 1. The number of benzene rings is 1. The molecule has 1 nitrogen and oxygen atoms in total. The second kappa shape index (κ2) is 3.98. The van der Waals surface area contributed by atoms with Crippen LogP contribution >= 0.6 is 23.1 Å². The summed E-state index contributed by atoms with van der Waals surface area (Å²) in [6.45, 7) is 5.83. The van der Waals surface area contributed by atoms with Crippen molar-refractivity contribution in [2.75, 3.05) is 12.8 Å². The Balaban J connectivity index is 3.18. The maximum Gasteiger partial charge on any atom is 0.112 e. The summed E-state index contributed by atoms with van der Waals surface area (Å²) in [6.07, 6.45) is 0.730. The fourth-order valence-corrected chi connectivity index (χ4v) is 2.57. The summed E-state index contributed by atoms with van der Waals surface area (Å²) in [5.74, 6) is 0. The Labute approximate surface area is 88.0 Å². The molecule has 0 radical (unpaired) electrons. The van der Waals surface area contributed by atoms with Gasteiger partial charge in [0.2, 0.25) is 0 Å². The van der Waals surface area contributed by atoms with Crippen LogP contribution in [0.3, 0.4) is 0 Å². The summed E-state index contributed by atoms with van der Waals surface area (Å²) in [5.41, 5.74) is 1.15. The van der Waals surface area contributed by atoms with Crippen molar-refractivity contribution in [1.29, 1.82) is 0 Å². The van der Waals surface area contributed by atoms with Gasteiger partial charge in [-0.3, -0.25) is 0 Å². The van der Waals surface area contributed by atoms with Crippen LogP contribution < -0.4 is 5.30 Å². The lowest BCUT2D eigenvalue weighted by Gasteiger charge is -2.11. The van der Waals surface area contributed by atoms with Gasteiger partial charge >= 0.3 is 0 Å². The van der Waals surface area contributed by atoms with E-state index in [0.29, 0.717) is 0 Å². The highest BCUT2D eigenvalue weighted by atomic mass is 79.9. The summed E-state index contributed by atoms with van der Waals surface area (Å²) in [7, 11) is -2.09. The molecule has 0 heterocycles. The zero-order valence-electron chi connectivity index (χ0n) is 8.17. The van der Waals surface area contributed by atoms with Crippen molar-refractivity contribution < 1.29 is 4.57 Å². The molecular weight excluding hydrogens is 247 g/mol. The van der Waals surface area contributed by atoms with Crippen molar-refractivity contribution in [2.24, 2.45) is 0 Å². The van der Waals surface area contributed by atoms with Crippen LogP contribution in [0.15, 0.2) is 22.7 Å². The van der Waals surface area contributed by atoms with Crippen LogP contribution in [-0.2, 0) is 4.57 Å². The standard InChI is InChI=1S/C10H14BrOP/c1-4-13(3,12)9-5-6-10(11)8(2)7-9/h5-7H,4H2,1-3H3. The predicted molar refractivity (Wildman–Crippen MR) is 62.6 cm³/mol. The highest BCUT2D eigenvalue weighted by molar-refractivity contribution is 9.10. The van der Waals surface area contributed by atoms with Gasteiger partial charge in [0.1, 0.15) is 7.14 Å². The third kappa shape index (κ3) is 2.45. The number of halogens is 1. The highest BCUT2D eigenvalue weighted by Crippen LogP contribution is 2.39. The van der Waals surface area contributed by atoms with E-state index < -0.39 is 7.14 Å². The van der Waals surface area contributed by atoms with Gasteiger partial charge in [-0.15, -0.1) is 0 Å². The van der Waals surface area contributed by atoms with Gasteiger partial charge in [0, 0.05) is 15.9 Å². The molecular formula is C10H14BrOP. The van der Waals surface area contributed by atoms with Crippen LogP contribution in [0.25, 0.3) is 0 Å². The molecule has 0 saturated carbocycles. The summed E-state index contributed by atoms with van der Waals surface area (Å²) >= 11 is 3.43. The van der Waals surface area contributed by atoms with Crippen molar-refractivity contribution in [3.05, 3.63) is 28.2 Å². The van der Waals surface area contributed by atoms with Crippen molar-refractivity contribution in [1.82, 2.24) is 0 Å². The molecule has 1 rings (SSSR count). The fraction of sp³-hybridized carbons (Fsp3) is 0.400. The van der Waals surface area contributed by atoms with Gasteiger partial charge in [0.15, 0.2) is 0 Å². The first kappa shape index (κ1) is 11.0. The van der Waals surface area contributed by atoms with Crippen LogP contribution in [0.2, 0.25) is 0 Å². The van der Waals surface area contributed by atoms with Gasteiger partial charge in [-0.25, -0.2) is 0 Å². The first-order chi connectivity index (χ1) is 5.97. The third-order valence-electron chi connectivity index (χ3n) is 2.29. The topological polar surface area (TPSA) is 17.1 Å². The molecule has 0 spiro atoms. The van der Waals surface area contributed by atoms with Gasteiger partial charge in [-0.05, 0) is 31.3 Å². The quantitative estimate of drug-likeness (QED) is 0.746. The third-order valence-corrected chi connectivity index (χ3v) is 5.76. The molecule has 1 atom stereocenters. The van der Waals surface area contributed by atoms with Crippen LogP contribution in [0.4, 0.5) is 0 Å². The van der Waals surface area contributed by atoms with E-state index in [1.807, 2.05) is 38.7 Å². The Hall–Kier alpha value is -0.0700. The molecule has 72 valence electrons. The molecule has 0 aliphatic heterocycles. The average molecular weight is 261 g/mol. The number of aryl methyl sites for hydroxylation is 1. The molecule has 3 heteroatoms. The van der Waals surface area contributed by atoms with E-state index in [9.17, 15) is 4.57 Å². The van der Waals surface area contributed by atoms with E-state index in [2.05, 4.69) is 15.9 Å². The lowest BCUT2D eigenvalue weighted by Crippen LogP contribution is -2.05. The van der Waals surface area contributed by atoms with Crippen LogP contribution in [0.5, 0.6) is 0 Å². The van der Waals surface area contributed by atoms with Crippen LogP contribution in [0.1, 0.15) is 12.5 Å². The molecule has 1 unspecified atom stereocenters. The molecule has 0 saturated heterocycles. The Bertz CT molecular complexity index is 360. The number of rotatable bonds is 2. The van der Waals surface area contributed by atoms with E-state index in [-0.39, 0.29) is 0 Å². The van der Waals surface area contributed by atoms with E-state index in [1.54, 1.807) is 0 Å². The van der Waals surface area contributed by atoms with Crippen molar-refractivity contribution in [3.8, 4) is 0 Å². The Morgan fingerprint density at radius 1 is 1.46 bits per heavy atom. The molecule has 0 amide bonds. The SMILES string of the molecule is CCP(C)(=O)c1ccc(Br)c(C)c1. The monoisotopic (exact) mass is 260 g/mol.